The average molecular weight is 578 g/mol. The fourth-order valence-corrected chi connectivity index (χ4v) is 5.11. The first kappa shape index (κ1) is 31.0. The predicted octanol–water partition coefficient (Wildman–Crippen LogP) is 4.53. The second kappa shape index (κ2) is 12.9. The Kier molecular flexibility index (Phi) is 9.56. The minimum atomic E-state index is -0.948. The largest absolute Gasteiger partial charge is 0.444 e. The van der Waals surface area contributed by atoms with Crippen molar-refractivity contribution in [3.63, 3.8) is 0 Å². The molecule has 0 bridgehead atoms. The standard InChI is InChI=1S/C32H41N4O6/c1-7-20(2)16-26(28(37)34-23-10-8-21(9-11-23)18-33-31(40)42-32(3,4)5)27-30(39)36(14-15-41-27)24-12-13-25-22(17-24)19-35(6)29(25)38/h7-13,17,20,26-27H,14-16,18-19H2,1-6H3,(H,33,40)(H,34,37)/q-1. The Hall–Kier alpha value is -3.92. The SMILES string of the molecule is C[CH-]C(C)CC(C(=O)Nc1ccc(CNC(=O)OC(C)(C)C)cc1)C1OCCN(c2ccc3c(c2)CN(C)C3=O)C1=O. The Morgan fingerprint density at radius 1 is 1.14 bits per heavy atom. The molecular weight excluding hydrogens is 536 g/mol. The van der Waals surface area contributed by atoms with Crippen LogP contribution in [0.2, 0.25) is 0 Å². The number of carbonyl (C=O) groups excluding carboxylic acids is 4. The maximum Gasteiger partial charge on any atom is 0.407 e. The van der Waals surface area contributed by atoms with E-state index in [0.29, 0.717) is 43.1 Å². The molecule has 42 heavy (non-hydrogen) atoms. The summed E-state index contributed by atoms with van der Waals surface area (Å²) >= 11 is 0. The molecule has 1 saturated heterocycles. The lowest BCUT2D eigenvalue weighted by Gasteiger charge is -2.37. The number of hydrogen-bond donors (Lipinski definition) is 2. The Morgan fingerprint density at radius 2 is 1.86 bits per heavy atom. The van der Waals surface area contributed by atoms with Crippen LogP contribution in [-0.4, -0.2) is 60.6 Å². The van der Waals surface area contributed by atoms with Crippen molar-refractivity contribution in [3.05, 3.63) is 65.6 Å². The van der Waals surface area contributed by atoms with Crippen LogP contribution < -0.4 is 15.5 Å². The van der Waals surface area contributed by atoms with Crippen molar-refractivity contribution in [2.75, 3.05) is 30.4 Å². The smallest absolute Gasteiger partial charge is 0.407 e. The number of carbonyl (C=O) groups is 4. The van der Waals surface area contributed by atoms with Crippen LogP contribution in [0.3, 0.4) is 0 Å². The van der Waals surface area contributed by atoms with Gasteiger partial charge in [-0.3, -0.25) is 14.4 Å². The number of alkyl carbamates (subject to hydrolysis) is 1. The van der Waals surface area contributed by atoms with Crippen LogP contribution in [-0.2, 0) is 32.2 Å². The van der Waals surface area contributed by atoms with Gasteiger partial charge in [0.2, 0.25) is 5.91 Å². The number of fused-ring (bicyclic) bond motifs is 1. The first-order valence-electron chi connectivity index (χ1n) is 14.3. The molecule has 0 spiro atoms. The fraction of sp³-hybridized carbons (Fsp3) is 0.469. The van der Waals surface area contributed by atoms with Crippen molar-refractivity contribution in [1.82, 2.24) is 10.2 Å². The van der Waals surface area contributed by atoms with E-state index in [1.807, 2.05) is 38.5 Å². The molecule has 4 rings (SSSR count). The zero-order chi connectivity index (χ0) is 30.6. The first-order chi connectivity index (χ1) is 19.9. The number of rotatable bonds is 9. The number of benzene rings is 2. The van der Waals surface area contributed by atoms with E-state index in [1.54, 1.807) is 61.9 Å². The van der Waals surface area contributed by atoms with Gasteiger partial charge in [0.05, 0.1) is 12.5 Å². The zero-order valence-electron chi connectivity index (χ0n) is 25.2. The Balaban J connectivity index is 1.45. The molecule has 0 aromatic heterocycles. The Labute approximate surface area is 247 Å². The summed E-state index contributed by atoms with van der Waals surface area (Å²) in [6.45, 7) is 10.8. The lowest BCUT2D eigenvalue weighted by molar-refractivity contribution is -0.144. The van der Waals surface area contributed by atoms with Gasteiger partial charge in [0.15, 0.2) is 0 Å². The summed E-state index contributed by atoms with van der Waals surface area (Å²) in [5.41, 5.74) is 3.06. The molecule has 10 nitrogen and oxygen atoms in total. The molecule has 0 saturated carbocycles. The van der Waals surface area contributed by atoms with Gasteiger partial charge in [-0.05, 0) is 62.2 Å². The normalized spacial score (nSPS) is 18.4. The van der Waals surface area contributed by atoms with Crippen molar-refractivity contribution >= 4 is 35.2 Å². The van der Waals surface area contributed by atoms with Gasteiger partial charge in [0.1, 0.15) is 11.7 Å². The van der Waals surface area contributed by atoms with E-state index >= 15 is 0 Å². The molecule has 3 unspecified atom stereocenters. The van der Waals surface area contributed by atoms with Crippen LogP contribution in [0.4, 0.5) is 16.2 Å². The minimum Gasteiger partial charge on any atom is -0.444 e. The summed E-state index contributed by atoms with van der Waals surface area (Å²) in [7, 11) is 1.75. The second-order valence-electron chi connectivity index (χ2n) is 12.0. The number of nitrogens with zero attached hydrogens (tertiary/aromatic N) is 2. The quantitative estimate of drug-likeness (QED) is 0.423. The van der Waals surface area contributed by atoms with Gasteiger partial charge >= 0.3 is 6.09 Å². The molecule has 0 radical (unpaired) electrons. The van der Waals surface area contributed by atoms with Gasteiger partial charge in [-0.1, -0.05) is 25.5 Å². The van der Waals surface area contributed by atoms with Crippen molar-refractivity contribution in [1.29, 1.82) is 0 Å². The molecule has 4 amide bonds. The lowest BCUT2D eigenvalue weighted by atomic mass is 9.87. The van der Waals surface area contributed by atoms with Crippen LogP contribution in [0.15, 0.2) is 42.5 Å². The van der Waals surface area contributed by atoms with Gasteiger partial charge in [-0.2, -0.15) is 12.8 Å². The third kappa shape index (κ3) is 7.47. The zero-order valence-corrected chi connectivity index (χ0v) is 25.2. The molecule has 1 fully saturated rings. The van der Waals surface area contributed by atoms with E-state index in [4.69, 9.17) is 9.47 Å². The maximum absolute atomic E-state index is 13.8. The summed E-state index contributed by atoms with van der Waals surface area (Å²) in [6, 6.07) is 12.6. The molecular formula is C32H41N4O6-. The highest BCUT2D eigenvalue weighted by Gasteiger charge is 2.40. The van der Waals surface area contributed by atoms with Crippen molar-refractivity contribution in [2.45, 2.75) is 65.8 Å². The van der Waals surface area contributed by atoms with Gasteiger partial charge in [0, 0.05) is 43.6 Å². The average Bonchev–Trinajstić information content (AvgIpc) is 3.22. The van der Waals surface area contributed by atoms with Gasteiger partial charge in [-0.15, -0.1) is 0 Å². The van der Waals surface area contributed by atoms with Crippen LogP contribution >= 0.6 is 0 Å². The highest BCUT2D eigenvalue weighted by molar-refractivity contribution is 6.04. The Morgan fingerprint density at radius 3 is 2.52 bits per heavy atom. The highest BCUT2D eigenvalue weighted by Crippen LogP contribution is 2.31. The summed E-state index contributed by atoms with van der Waals surface area (Å²) in [4.78, 5) is 55.0. The van der Waals surface area contributed by atoms with Gasteiger partial charge < -0.3 is 36.3 Å². The van der Waals surface area contributed by atoms with Crippen LogP contribution in [0.1, 0.15) is 62.5 Å². The van der Waals surface area contributed by atoms with Gasteiger partial charge in [0.25, 0.3) is 11.8 Å². The molecule has 2 aromatic carbocycles. The van der Waals surface area contributed by atoms with E-state index in [9.17, 15) is 19.2 Å². The summed E-state index contributed by atoms with van der Waals surface area (Å²) in [5.74, 6) is -1.25. The van der Waals surface area contributed by atoms with Crippen LogP contribution in [0.25, 0.3) is 0 Å². The monoisotopic (exact) mass is 577 g/mol. The molecule has 2 aliphatic heterocycles. The Bertz CT molecular complexity index is 1320. The van der Waals surface area contributed by atoms with Crippen LogP contribution in [0, 0.1) is 18.3 Å². The maximum atomic E-state index is 13.8. The third-order valence-corrected chi connectivity index (χ3v) is 7.46. The van der Waals surface area contributed by atoms with Crippen LogP contribution in [0.5, 0.6) is 0 Å². The van der Waals surface area contributed by atoms with E-state index in [-0.39, 0.29) is 30.2 Å². The van der Waals surface area contributed by atoms with E-state index in [1.165, 1.54) is 0 Å². The minimum absolute atomic E-state index is 0.0309. The third-order valence-electron chi connectivity index (χ3n) is 7.46. The fourth-order valence-electron chi connectivity index (χ4n) is 5.11. The number of anilines is 2. The van der Waals surface area contributed by atoms with Crippen molar-refractivity contribution in [2.24, 2.45) is 11.8 Å². The lowest BCUT2D eigenvalue weighted by Crippen LogP contribution is -2.53. The number of nitrogens with one attached hydrogen (secondary N) is 2. The predicted molar refractivity (Wildman–Crippen MR) is 160 cm³/mol. The van der Waals surface area contributed by atoms with E-state index in [0.717, 1.165) is 11.1 Å². The van der Waals surface area contributed by atoms with E-state index < -0.39 is 23.7 Å². The molecule has 10 heteroatoms. The summed E-state index contributed by atoms with van der Waals surface area (Å²) in [6.07, 6.45) is 0.993. The molecule has 2 aliphatic rings. The number of amides is 4. The summed E-state index contributed by atoms with van der Waals surface area (Å²) < 4.78 is 11.2. The van der Waals surface area contributed by atoms with Gasteiger partial charge in [-0.25, -0.2) is 4.79 Å². The van der Waals surface area contributed by atoms with Crippen molar-refractivity contribution in [3.8, 4) is 0 Å². The molecule has 2 aromatic rings. The number of ether oxygens (including phenoxy) is 2. The first-order valence-corrected chi connectivity index (χ1v) is 14.3. The van der Waals surface area contributed by atoms with Crippen molar-refractivity contribution < 1.29 is 28.7 Å². The molecule has 3 atom stereocenters. The van der Waals surface area contributed by atoms with E-state index in [2.05, 4.69) is 10.6 Å². The molecule has 2 heterocycles. The number of hydrogen-bond acceptors (Lipinski definition) is 6. The summed E-state index contributed by atoms with van der Waals surface area (Å²) in [5, 5.41) is 5.67. The number of morpholine rings is 1. The molecule has 0 aliphatic carbocycles. The molecule has 226 valence electrons. The highest BCUT2D eigenvalue weighted by atomic mass is 16.6. The topological polar surface area (TPSA) is 117 Å². The second-order valence-corrected chi connectivity index (χ2v) is 12.0. The molecule has 2 N–H and O–H groups in total.